The van der Waals surface area contributed by atoms with Gasteiger partial charge in [-0.2, -0.15) is 5.26 Å². The number of allylic oxidation sites excluding steroid dienone is 1. The lowest BCUT2D eigenvalue weighted by molar-refractivity contribution is -0.127. The van der Waals surface area contributed by atoms with Crippen molar-refractivity contribution < 1.29 is 14.3 Å². The van der Waals surface area contributed by atoms with Gasteiger partial charge in [-0.3, -0.25) is 14.2 Å². The second kappa shape index (κ2) is 13.5. The van der Waals surface area contributed by atoms with Crippen LogP contribution in [0.4, 0.5) is 0 Å². The second-order valence-corrected chi connectivity index (χ2v) is 12.0. The summed E-state index contributed by atoms with van der Waals surface area (Å²) in [5.74, 6) is 0.968. The summed E-state index contributed by atoms with van der Waals surface area (Å²) in [6, 6.07) is 21.8. The van der Waals surface area contributed by atoms with E-state index in [1.807, 2.05) is 81.4 Å². The minimum atomic E-state index is -0.724. The quantitative estimate of drug-likeness (QED) is 0.240. The highest BCUT2D eigenvalue weighted by Crippen LogP contribution is 2.36. The van der Waals surface area contributed by atoms with Crippen LogP contribution < -0.4 is 24.4 Å². The smallest absolute Gasteiger partial charge is 0.271 e. The van der Waals surface area contributed by atoms with Crippen molar-refractivity contribution in [3.8, 4) is 17.6 Å². The van der Waals surface area contributed by atoms with Crippen molar-refractivity contribution in [2.24, 2.45) is 4.99 Å². The zero-order valence-corrected chi connectivity index (χ0v) is 27.2. The van der Waals surface area contributed by atoms with Gasteiger partial charge < -0.3 is 14.4 Å². The number of fused-ring (bicyclic) bond motifs is 1. The summed E-state index contributed by atoms with van der Waals surface area (Å²) in [4.78, 5) is 35.1. The number of carbonyl (C=O) groups excluding carboxylic acids is 1. The molecule has 0 fully saturated rings. The molecule has 0 aliphatic carbocycles. The van der Waals surface area contributed by atoms with Crippen molar-refractivity contribution in [2.75, 3.05) is 20.2 Å². The number of aromatic nitrogens is 1. The molecule has 5 rings (SSSR count). The highest BCUT2D eigenvalue weighted by atomic mass is 79.9. The van der Waals surface area contributed by atoms with Gasteiger partial charge in [0.05, 0.1) is 34.5 Å². The van der Waals surface area contributed by atoms with E-state index in [9.17, 15) is 14.9 Å². The van der Waals surface area contributed by atoms with Crippen LogP contribution in [0.2, 0.25) is 0 Å². The monoisotopic (exact) mass is 670 g/mol. The van der Waals surface area contributed by atoms with Crippen molar-refractivity contribution in [1.82, 2.24) is 9.47 Å². The first-order valence-corrected chi connectivity index (χ1v) is 15.8. The Morgan fingerprint density at radius 2 is 1.84 bits per heavy atom. The van der Waals surface area contributed by atoms with Crippen molar-refractivity contribution in [1.29, 1.82) is 5.26 Å². The predicted octanol–water partition coefficient (Wildman–Crippen LogP) is 5.33. The number of benzene rings is 3. The lowest BCUT2D eigenvalue weighted by atomic mass is 9.94. The first-order chi connectivity index (χ1) is 21.3. The minimum absolute atomic E-state index is 0.165. The van der Waals surface area contributed by atoms with E-state index in [1.54, 1.807) is 28.7 Å². The SMILES string of the molecule is CCN(CC)C(=O)C1=C(C)N=c2s/c(=C/c3cc(Br)ccc3OCc3ccccc3C#N)c(=O)n2[C@@H]1c1ccccc1OC. The van der Waals surface area contributed by atoms with Crippen LogP contribution in [0.3, 0.4) is 0 Å². The molecule has 8 nitrogen and oxygen atoms in total. The largest absolute Gasteiger partial charge is 0.496 e. The Balaban J connectivity index is 1.66. The molecule has 0 saturated carbocycles. The third-order valence-corrected chi connectivity index (χ3v) is 8.99. The molecule has 1 aliphatic heterocycles. The van der Waals surface area contributed by atoms with E-state index in [2.05, 4.69) is 22.0 Å². The van der Waals surface area contributed by atoms with Crippen LogP contribution in [0.1, 0.15) is 49.1 Å². The molecule has 0 N–H and O–H groups in total. The molecular weight excluding hydrogens is 640 g/mol. The van der Waals surface area contributed by atoms with Gasteiger partial charge in [0, 0.05) is 34.3 Å². The second-order valence-electron chi connectivity index (χ2n) is 10.0. The molecule has 3 aromatic carbocycles. The summed E-state index contributed by atoms with van der Waals surface area (Å²) in [6.07, 6.45) is 1.78. The Morgan fingerprint density at radius 3 is 2.57 bits per heavy atom. The minimum Gasteiger partial charge on any atom is -0.496 e. The average Bonchev–Trinajstić information content (AvgIpc) is 3.34. The topological polar surface area (TPSA) is 96.9 Å². The van der Waals surface area contributed by atoms with Gasteiger partial charge in [0.15, 0.2) is 4.80 Å². The van der Waals surface area contributed by atoms with E-state index in [-0.39, 0.29) is 18.1 Å². The van der Waals surface area contributed by atoms with Crippen LogP contribution in [-0.2, 0) is 11.4 Å². The van der Waals surface area contributed by atoms with Crippen LogP contribution in [0.5, 0.6) is 11.5 Å². The Morgan fingerprint density at radius 1 is 1.11 bits per heavy atom. The third-order valence-electron chi connectivity index (χ3n) is 7.52. The normalized spacial score (nSPS) is 14.5. The molecule has 0 bridgehead atoms. The molecule has 224 valence electrons. The molecule has 2 heterocycles. The first kappa shape index (κ1) is 31.0. The fourth-order valence-electron chi connectivity index (χ4n) is 5.28. The maximum absolute atomic E-state index is 14.2. The van der Waals surface area contributed by atoms with Crippen LogP contribution in [-0.4, -0.2) is 35.6 Å². The summed E-state index contributed by atoms with van der Waals surface area (Å²) in [5, 5.41) is 9.48. The lowest BCUT2D eigenvalue weighted by Crippen LogP contribution is -2.43. The number of methoxy groups -OCH3 is 1. The van der Waals surface area contributed by atoms with E-state index >= 15 is 0 Å². The van der Waals surface area contributed by atoms with Crippen LogP contribution in [0.25, 0.3) is 6.08 Å². The van der Waals surface area contributed by atoms with Gasteiger partial charge in [-0.15, -0.1) is 0 Å². The fourth-order valence-corrected chi connectivity index (χ4v) is 6.69. The summed E-state index contributed by atoms with van der Waals surface area (Å²) < 4.78 is 14.7. The maximum Gasteiger partial charge on any atom is 0.271 e. The average molecular weight is 672 g/mol. The molecule has 0 radical (unpaired) electrons. The van der Waals surface area contributed by atoms with Gasteiger partial charge in [0.25, 0.3) is 11.5 Å². The van der Waals surface area contributed by atoms with Gasteiger partial charge in [0.2, 0.25) is 0 Å². The number of rotatable bonds is 9. The number of halogens is 1. The Kier molecular flexibility index (Phi) is 9.47. The van der Waals surface area contributed by atoms with E-state index in [1.165, 1.54) is 11.3 Å². The molecule has 4 aromatic rings. The van der Waals surface area contributed by atoms with Gasteiger partial charge in [-0.1, -0.05) is 63.7 Å². The van der Waals surface area contributed by atoms with E-state index in [0.717, 1.165) is 10.0 Å². The Hall–Kier alpha value is -4.46. The highest BCUT2D eigenvalue weighted by Gasteiger charge is 2.35. The zero-order chi connectivity index (χ0) is 31.4. The zero-order valence-electron chi connectivity index (χ0n) is 24.8. The molecular formula is C34H31BrN4O4S. The summed E-state index contributed by atoms with van der Waals surface area (Å²) in [5.41, 5.74) is 3.43. The standard InChI is InChI=1S/C34H31BrN4O4S/c1-5-38(6-2)33(41)30-21(3)37-34-39(31(30)26-13-9-10-14-28(26)42-4)32(40)29(44-34)18-24-17-25(35)15-16-27(24)43-20-23-12-8-7-11-22(23)19-36/h7-18,31H,5-6,20H2,1-4H3/b29-18+/t31-/m1/s1. The number of para-hydroxylation sites is 1. The molecule has 10 heteroatoms. The number of nitriles is 1. The molecule has 1 amide bonds. The summed E-state index contributed by atoms with van der Waals surface area (Å²) in [7, 11) is 1.58. The molecule has 0 saturated heterocycles. The predicted molar refractivity (Wildman–Crippen MR) is 174 cm³/mol. The van der Waals surface area contributed by atoms with Crippen molar-refractivity contribution >= 4 is 39.2 Å². The number of ether oxygens (including phenoxy) is 2. The summed E-state index contributed by atoms with van der Waals surface area (Å²) >= 11 is 4.79. The van der Waals surface area contributed by atoms with E-state index < -0.39 is 6.04 Å². The lowest BCUT2D eigenvalue weighted by Gasteiger charge is -2.29. The number of amides is 1. The molecule has 0 spiro atoms. The van der Waals surface area contributed by atoms with Crippen molar-refractivity contribution in [3.05, 3.63) is 124 Å². The number of hydrogen-bond donors (Lipinski definition) is 0. The van der Waals surface area contributed by atoms with Gasteiger partial charge in [0.1, 0.15) is 24.1 Å². The van der Waals surface area contributed by atoms with Crippen molar-refractivity contribution in [3.63, 3.8) is 0 Å². The van der Waals surface area contributed by atoms with Crippen LogP contribution in [0.15, 0.2) is 92.3 Å². The molecule has 1 aromatic heterocycles. The number of likely N-dealkylation sites (N-methyl/N-ethyl adjacent to an activating group) is 1. The first-order valence-electron chi connectivity index (χ1n) is 14.2. The maximum atomic E-state index is 14.2. The van der Waals surface area contributed by atoms with Gasteiger partial charge in [-0.05, 0) is 57.2 Å². The number of thiazole rings is 1. The molecule has 44 heavy (non-hydrogen) atoms. The highest BCUT2D eigenvalue weighted by molar-refractivity contribution is 9.10. The Labute approximate surface area is 267 Å². The third kappa shape index (κ3) is 5.98. The number of hydrogen-bond acceptors (Lipinski definition) is 7. The molecule has 1 aliphatic rings. The van der Waals surface area contributed by atoms with Gasteiger partial charge >= 0.3 is 0 Å². The summed E-state index contributed by atoms with van der Waals surface area (Å²) in [6.45, 7) is 6.93. The van der Waals surface area contributed by atoms with E-state index in [0.29, 0.717) is 61.9 Å². The fraction of sp³-hybridized carbons (Fsp3) is 0.235. The van der Waals surface area contributed by atoms with Gasteiger partial charge in [-0.25, -0.2) is 4.99 Å². The van der Waals surface area contributed by atoms with Crippen LogP contribution in [0, 0.1) is 11.3 Å². The number of nitrogens with zero attached hydrogens (tertiary/aromatic N) is 4. The van der Waals surface area contributed by atoms with Crippen molar-refractivity contribution in [2.45, 2.75) is 33.4 Å². The van der Waals surface area contributed by atoms with E-state index in [4.69, 9.17) is 14.5 Å². The van der Waals surface area contributed by atoms with Crippen LogP contribution >= 0.6 is 27.3 Å². The number of carbonyl (C=O) groups is 1. The molecule has 1 atom stereocenters. The molecule has 0 unspecified atom stereocenters. The Bertz CT molecular complexity index is 1990.